The molecule has 6 heteroatoms. The van der Waals surface area contributed by atoms with Gasteiger partial charge < -0.3 is 4.90 Å². The Morgan fingerprint density at radius 3 is 2.65 bits per heavy atom. The number of amides is 1. The molecule has 0 unspecified atom stereocenters. The summed E-state index contributed by atoms with van der Waals surface area (Å²) >= 11 is 0. The average molecular weight is 237 g/mol. The van der Waals surface area contributed by atoms with Gasteiger partial charge in [-0.3, -0.25) is 9.89 Å². The fourth-order valence-corrected chi connectivity index (χ4v) is 1.08. The highest BCUT2D eigenvalue weighted by Gasteiger charge is 2.18. The average Bonchev–Trinajstić information content (AvgIpc) is 2.64. The smallest absolute Gasteiger partial charge is 0.291 e. The van der Waals surface area contributed by atoms with Gasteiger partial charge >= 0.3 is 0 Å². The van der Waals surface area contributed by atoms with Gasteiger partial charge in [-0.1, -0.05) is 20.8 Å². The van der Waals surface area contributed by atoms with Gasteiger partial charge in [0.2, 0.25) is 0 Å². The van der Waals surface area contributed by atoms with Crippen LogP contribution in [-0.4, -0.2) is 41.4 Å². The van der Waals surface area contributed by atoms with Crippen molar-refractivity contribution in [2.45, 2.75) is 26.2 Å². The summed E-state index contributed by atoms with van der Waals surface area (Å²) in [5.41, 5.74) is 3.60. The molecule has 0 atom stereocenters. The van der Waals surface area contributed by atoms with Crippen LogP contribution in [0, 0.1) is 0 Å². The second-order valence-corrected chi connectivity index (χ2v) is 5.07. The van der Waals surface area contributed by atoms with E-state index >= 15 is 0 Å². The lowest BCUT2D eigenvalue weighted by atomic mass is 9.92. The van der Waals surface area contributed by atoms with Crippen LogP contribution in [0.25, 0.3) is 0 Å². The van der Waals surface area contributed by atoms with Crippen molar-refractivity contribution < 1.29 is 4.79 Å². The predicted octanol–water partition coefficient (Wildman–Crippen LogP) is 0.942. The number of H-pyrrole nitrogens is 1. The maximum absolute atomic E-state index is 11.6. The summed E-state index contributed by atoms with van der Waals surface area (Å²) < 4.78 is 0. The molecule has 6 nitrogen and oxygen atoms in total. The largest absolute Gasteiger partial charge is 0.367 e. The number of aromatic nitrogens is 2. The lowest BCUT2D eigenvalue weighted by Gasteiger charge is -2.14. The monoisotopic (exact) mass is 237 g/mol. The third kappa shape index (κ3) is 3.90. The van der Waals surface area contributed by atoms with Crippen molar-refractivity contribution in [3.8, 4) is 0 Å². The lowest BCUT2D eigenvalue weighted by molar-refractivity contribution is 0.0949. The Morgan fingerprint density at radius 1 is 1.53 bits per heavy atom. The number of nitrogens with one attached hydrogen (secondary N) is 2. The summed E-state index contributed by atoms with van der Waals surface area (Å²) in [5.74, 6) is -0.324. The maximum Gasteiger partial charge on any atom is 0.291 e. The zero-order valence-electron chi connectivity index (χ0n) is 10.9. The van der Waals surface area contributed by atoms with E-state index in [1.54, 1.807) is 11.0 Å². The van der Waals surface area contributed by atoms with Crippen molar-refractivity contribution in [3.63, 3.8) is 0 Å². The van der Waals surface area contributed by atoms with Gasteiger partial charge in [0.15, 0.2) is 5.69 Å². The summed E-state index contributed by atoms with van der Waals surface area (Å²) in [6.45, 7) is 6.14. The Hall–Kier alpha value is -1.85. The van der Waals surface area contributed by atoms with Crippen LogP contribution >= 0.6 is 0 Å². The first-order valence-electron chi connectivity index (χ1n) is 5.36. The molecule has 94 valence electrons. The molecule has 0 fully saturated rings. The van der Waals surface area contributed by atoms with Crippen LogP contribution in [0.2, 0.25) is 0 Å². The van der Waals surface area contributed by atoms with E-state index in [9.17, 15) is 4.79 Å². The van der Waals surface area contributed by atoms with Crippen molar-refractivity contribution in [3.05, 3.63) is 17.5 Å². The molecule has 1 aromatic rings. The SMILES string of the molecule is CN(C)/C=N\NC(=O)c1cc(C(C)(C)C)[nH]n1. The van der Waals surface area contributed by atoms with E-state index in [1.807, 2.05) is 34.9 Å². The van der Waals surface area contributed by atoms with E-state index in [2.05, 4.69) is 20.7 Å². The van der Waals surface area contributed by atoms with Gasteiger partial charge in [-0.2, -0.15) is 10.2 Å². The van der Waals surface area contributed by atoms with Gasteiger partial charge in [0.1, 0.15) is 6.34 Å². The minimum atomic E-state index is -0.324. The van der Waals surface area contributed by atoms with Gasteiger partial charge in [0.05, 0.1) is 0 Å². The first-order valence-corrected chi connectivity index (χ1v) is 5.36. The Labute approximate surface area is 101 Å². The molecule has 0 aromatic carbocycles. The zero-order chi connectivity index (χ0) is 13.1. The maximum atomic E-state index is 11.6. The number of rotatable bonds is 3. The fourth-order valence-electron chi connectivity index (χ4n) is 1.08. The Balaban J connectivity index is 2.68. The minimum absolute atomic E-state index is 0.0571. The molecular formula is C11H19N5O. The van der Waals surface area contributed by atoms with E-state index in [0.29, 0.717) is 5.69 Å². The van der Waals surface area contributed by atoms with Gasteiger partial charge in [-0.15, -0.1) is 0 Å². The first-order chi connectivity index (χ1) is 7.80. The van der Waals surface area contributed by atoms with Crippen LogP contribution in [0.4, 0.5) is 0 Å². The number of hydrogen-bond donors (Lipinski definition) is 2. The fraction of sp³-hybridized carbons (Fsp3) is 0.545. The molecule has 0 saturated carbocycles. The highest BCUT2D eigenvalue weighted by molar-refractivity contribution is 5.92. The Bertz CT molecular complexity index is 414. The second kappa shape index (κ2) is 4.99. The number of carbonyl (C=O) groups is 1. The second-order valence-electron chi connectivity index (χ2n) is 5.07. The topological polar surface area (TPSA) is 73.4 Å². The Morgan fingerprint density at radius 2 is 2.18 bits per heavy atom. The van der Waals surface area contributed by atoms with Crippen molar-refractivity contribution in [1.29, 1.82) is 0 Å². The van der Waals surface area contributed by atoms with Crippen LogP contribution in [0.1, 0.15) is 37.0 Å². The van der Waals surface area contributed by atoms with Gasteiger partial charge in [-0.25, -0.2) is 5.43 Å². The van der Waals surface area contributed by atoms with Crippen LogP contribution in [0.3, 0.4) is 0 Å². The summed E-state index contributed by atoms with van der Waals surface area (Å²) in [4.78, 5) is 13.4. The number of aromatic amines is 1. The normalized spacial score (nSPS) is 11.8. The molecule has 0 aliphatic heterocycles. The molecule has 0 aliphatic carbocycles. The number of nitrogens with zero attached hydrogens (tertiary/aromatic N) is 3. The number of hydrazone groups is 1. The summed E-state index contributed by atoms with van der Waals surface area (Å²) in [5, 5.41) is 10.6. The van der Waals surface area contributed by atoms with E-state index in [0.717, 1.165) is 5.69 Å². The van der Waals surface area contributed by atoms with Crippen LogP contribution < -0.4 is 5.43 Å². The lowest BCUT2D eigenvalue weighted by Crippen LogP contribution is -2.20. The zero-order valence-corrected chi connectivity index (χ0v) is 10.9. The molecular weight excluding hydrogens is 218 g/mol. The van der Waals surface area contributed by atoms with Gasteiger partial charge in [0.25, 0.3) is 5.91 Å². The van der Waals surface area contributed by atoms with E-state index in [1.165, 1.54) is 6.34 Å². The highest BCUT2D eigenvalue weighted by atomic mass is 16.2. The minimum Gasteiger partial charge on any atom is -0.367 e. The number of carbonyl (C=O) groups excluding carboxylic acids is 1. The quantitative estimate of drug-likeness (QED) is 0.467. The van der Waals surface area contributed by atoms with Crippen molar-refractivity contribution in [2.24, 2.45) is 5.10 Å². The molecule has 1 rings (SSSR count). The molecule has 17 heavy (non-hydrogen) atoms. The Kier molecular flexibility index (Phi) is 3.88. The molecule has 0 aliphatic rings. The third-order valence-electron chi connectivity index (χ3n) is 2.07. The van der Waals surface area contributed by atoms with E-state index in [-0.39, 0.29) is 11.3 Å². The molecule has 1 amide bonds. The molecule has 0 radical (unpaired) electrons. The molecule has 0 saturated heterocycles. The highest BCUT2D eigenvalue weighted by Crippen LogP contribution is 2.20. The van der Waals surface area contributed by atoms with Crippen LogP contribution in [-0.2, 0) is 5.41 Å². The summed E-state index contributed by atoms with van der Waals surface area (Å²) in [6, 6.07) is 1.74. The number of hydrogen-bond acceptors (Lipinski definition) is 3. The van der Waals surface area contributed by atoms with Crippen molar-refractivity contribution in [2.75, 3.05) is 14.1 Å². The molecule has 0 bridgehead atoms. The van der Waals surface area contributed by atoms with E-state index in [4.69, 9.17) is 0 Å². The summed E-state index contributed by atoms with van der Waals surface area (Å²) in [6.07, 6.45) is 1.51. The van der Waals surface area contributed by atoms with Crippen LogP contribution in [0.5, 0.6) is 0 Å². The molecule has 1 heterocycles. The standard InChI is InChI=1S/C11H19N5O/c1-11(2,3)9-6-8(13-14-9)10(17)15-12-7-16(4)5/h6-7H,1-5H3,(H,13,14)(H,15,17)/b12-7-. The molecule has 0 spiro atoms. The van der Waals surface area contributed by atoms with Crippen molar-refractivity contribution >= 4 is 12.2 Å². The third-order valence-corrected chi connectivity index (χ3v) is 2.07. The molecule has 2 N–H and O–H groups in total. The van der Waals surface area contributed by atoms with Gasteiger partial charge in [0, 0.05) is 25.2 Å². The molecule has 1 aromatic heterocycles. The predicted molar refractivity (Wildman–Crippen MR) is 66.9 cm³/mol. The van der Waals surface area contributed by atoms with Crippen molar-refractivity contribution in [1.82, 2.24) is 20.5 Å². The summed E-state index contributed by atoms with van der Waals surface area (Å²) in [7, 11) is 3.64. The van der Waals surface area contributed by atoms with Gasteiger partial charge in [-0.05, 0) is 6.07 Å². The van der Waals surface area contributed by atoms with Crippen LogP contribution in [0.15, 0.2) is 11.2 Å². The first kappa shape index (κ1) is 13.2. The van der Waals surface area contributed by atoms with E-state index < -0.39 is 0 Å².